The second-order valence-electron chi connectivity index (χ2n) is 4.26. The summed E-state index contributed by atoms with van der Waals surface area (Å²) in [5.41, 5.74) is 2.29. The highest BCUT2D eigenvalue weighted by molar-refractivity contribution is 9.10. The average Bonchev–Trinajstić information content (AvgIpc) is 2.91. The normalized spacial score (nSPS) is 10.8. The number of rotatable bonds is 2. The maximum atomic E-state index is 11.5. The first-order valence-electron chi connectivity index (χ1n) is 5.99. The molecule has 1 aromatic carbocycles. The molecule has 2 heterocycles. The van der Waals surface area contributed by atoms with Gasteiger partial charge in [0.25, 0.3) is 0 Å². The van der Waals surface area contributed by atoms with Gasteiger partial charge in [-0.25, -0.2) is 14.3 Å². The van der Waals surface area contributed by atoms with Gasteiger partial charge in [-0.05, 0) is 12.1 Å². The van der Waals surface area contributed by atoms with Crippen molar-refractivity contribution >= 4 is 39.1 Å². The molecule has 106 valence electrons. The lowest BCUT2D eigenvalue weighted by Crippen LogP contribution is -2.06. The standard InChI is InChI=1S/C14H9BrClN3O2/c1-21-14(20)11-6-12(16)19-13(17-11)7-10(18-19)8-2-4-9(15)5-3-8/h2-7H,1H3. The first-order chi connectivity index (χ1) is 10.1. The zero-order valence-corrected chi connectivity index (χ0v) is 13.2. The summed E-state index contributed by atoms with van der Waals surface area (Å²) >= 11 is 9.52. The van der Waals surface area contributed by atoms with Crippen LogP contribution >= 0.6 is 27.5 Å². The van der Waals surface area contributed by atoms with Crippen molar-refractivity contribution in [2.45, 2.75) is 0 Å². The third-order valence-corrected chi connectivity index (χ3v) is 3.72. The molecule has 0 saturated heterocycles. The molecular formula is C14H9BrClN3O2. The lowest BCUT2D eigenvalue weighted by atomic mass is 10.2. The van der Waals surface area contributed by atoms with Gasteiger partial charge in [-0.15, -0.1) is 0 Å². The zero-order chi connectivity index (χ0) is 15.0. The second-order valence-corrected chi connectivity index (χ2v) is 5.57. The summed E-state index contributed by atoms with van der Waals surface area (Å²) in [5, 5.41) is 4.69. The Kier molecular flexibility index (Phi) is 3.65. The summed E-state index contributed by atoms with van der Waals surface area (Å²) in [7, 11) is 1.30. The van der Waals surface area contributed by atoms with Crippen LogP contribution in [0.4, 0.5) is 0 Å². The van der Waals surface area contributed by atoms with Gasteiger partial charge in [0.1, 0.15) is 5.15 Å². The van der Waals surface area contributed by atoms with Crippen LogP contribution in [0.15, 0.2) is 40.9 Å². The number of fused-ring (bicyclic) bond motifs is 1. The second kappa shape index (κ2) is 5.46. The monoisotopic (exact) mass is 365 g/mol. The predicted octanol–water partition coefficient (Wildman–Crippen LogP) is 3.60. The fourth-order valence-electron chi connectivity index (χ4n) is 1.91. The average molecular weight is 367 g/mol. The molecule has 5 nitrogen and oxygen atoms in total. The number of nitrogens with zero attached hydrogens (tertiary/aromatic N) is 3. The molecule has 2 aromatic heterocycles. The highest BCUT2D eigenvalue weighted by Gasteiger charge is 2.14. The topological polar surface area (TPSA) is 56.5 Å². The predicted molar refractivity (Wildman–Crippen MR) is 82.5 cm³/mol. The van der Waals surface area contributed by atoms with Crippen LogP contribution in [0.2, 0.25) is 5.15 Å². The first kappa shape index (κ1) is 14.0. The van der Waals surface area contributed by atoms with Gasteiger partial charge in [0, 0.05) is 22.2 Å². The molecule has 21 heavy (non-hydrogen) atoms. The number of carbonyl (C=O) groups excluding carboxylic acids is 1. The van der Waals surface area contributed by atoms with Crippen molar-refractivity contribution < 1.29 is 9.53 Å². The van der Waals surface area contributed by atoms with Crippen LogP contribution < -0.4 is 0 Å². The van der Waals surface area contributed by atoms with E-state index in [9.17, 15) is 4.79 Å². The Hall–Kier alpha value is -1.92. The van der Waals surface area contributed by atoms with Gasteiger partial charge in [-0.2, -0.15) is 5.10 Å². The number of carbonyl (C=O) groups is 1. The third kappa shape index (κ3) is 2.64. The Bertz CT molecular complexity index is 830. The number of halogens is 2. The van der Waals surface area contributed by atoms with Crippen LogP contribution in [-0.4, -0.2) is 27.7 Å². The number of hydrogen-bond acceptors (Lipinski definition) is 4. The van der Waals surface area contributed by atoms with Gasteiger partial charge in [-0.3, -0.25) is 0 Å². The SMILES string of the molecule is COC(=O)c1cc(Cl)n2nc(-c3ccc(Br)cc3)cc2n1. The Balaban J connectivity index is 2.13. The summed E-state index contributed by atoms with van der Waals surface area (Å²) in [6, 6.07) is 10.9. The Morgan fingerprint density at radius 3 is 2.67 bits per heavy atom. The van der Waals surface area contributed by atoms with E-state index in [1.807, 2.05) is 24.3 Å². The van der Waals surface area contributed by atoms with E-state index < -0.39 is 5.97 Å². The summed E-state index contributed by atoms with van der Waals surface area (Å²) in [6.07, 6.45) is 0. The van der Waals surface area contributed by atoms with E-state index in [4.69, 9.17) is 11.6 Å². The van der Waals surface area contributed by atoms with Crippen molar-refractivity contribution in [2.75, 3.05) is 7.11 Å². The summed E-state index contributed by atoms with van der Waals surface area (Å²) < 4.78 is 7.11. The van der Waals surface area contributed by atoms with E-state index in [1.54, 1.807) is 6.07 Å². The fraction of sp³-hybridized carbons (Fsp3) is 0.0714. The number of hydrogen-bond donors (Lipinski definition) is 0. The summed E-state index contributed by atoms with van der Waals surface area (Å²) in [5.74, 6) is -0.536. The van der Waals surface area contributed by atoms with Crippen LogP contribution in [0.1, 0.15) is 10.5 Å². The molecule has 7 heteroatoms. The van der Waals surface area contributed by atoms with Gasteiger partial charge in [-0.1, -0.05) is 39.7 Å². The van der Waals surface area contributed by atoms with Gasteiger partial charge >= 0.3 is 5.97 Å². The van der Waals surface area contributed by atoms with Crippen molar-refractivity contribution in [1.82, 2.24) is 14.6 Å². The molecule has 0 aliphatic heterocycles. The minimum absolute atomic E-state index is 0.150. The van der Waals surface area contributed by atoms with Crippen molar-refractivity contribution in [3.63, 3.8) is 0 Å². The van der Waals surface area contributed by atoms with Crippen molar-refractivity contribution in [3.05, 3.63) is 51.7 Å². The van der Waals surface area contributed by atoms with Crippen LogP contribution in [0.25, 0.3) is 16.9 Å². The third-order valence-electron chi connectivity index (χ3n) is 2.92. The van der Waals surface area contributed by atoms with Gasteiger partial charge < -0.3 is 4.74 Å². The Labute approximate surface area is 133 Å². The smallest absolute Gasteiger partial charge is 0.356 e. The molecule has 0 atom stereocenters. The maximum Gasteiger partial charge on any atom is 0.356 e. The highest BCUT2D eigenvalue weighted by Crippen LogP contribution is 2.23. The number of ether oxygens (including phenoxy) is 1. The fourth-order valence-corrected chi connectivity index (χ4v) is 2.40. The Morgan fingerprint density at radius 2 is 2.00 bits per heavy atom. The van der Waals surface area contributed by atoms with Crippen LogP contribution in [0.5, 0.6) is 0 Å². The molecule has 0 radical (unpaired) electrons. The number of methoxy groups -OCH3 is 1. The quantitative estimate of drug-likeness (QED) is 0.514. The number of esters is 1. The van der Waals surface area contributed by atoms with Crippen molar-refractivity contribution in [2.24, 2.45) is 0 Å². The van der Waals surface area contributed by atoms with Crippen molar-refractivity contribution in [1.29, 1.82) is 0 Å². The maximum absolute atomic E-state index is 11.5. The Morgan fingerprint density at radius 1 is 1.29 bits per heavy atom. The molecule has 0 N–H and O–H groups in total. The van der Waals surface area contributed by atoms with Crippen LogP contribution in [0, 0.1) is 0 Å². The molecule has 3 rings (SSSR count). The molecule has 0 unspecified atom stereocenters. The van der Waals surface area contributed by atoms with Gasteiger partial charge in [0.2, 0.25) is 0 Å². The minimum atomic E-state index is -0.536. The largest absolute Gasteiger partial charge is 0.464 e. The van der Waals surface area contributed by atoms with E-state index in [0.717, 1.165) is 15.7 Å². The highest BCUT2D eigenvalue weighted by atomic mass is 79.9. The lowest BCUT2D eigenvalue weighted by Gasteiger charge is -2.00. The van der Waals surface area contributed by atoms with Crippen LogP contribution in [-0.2, 0) is 4.74 Å². The van der Waals surface area contributed by atoms with E-state index in [2.05, 4.69) is 30.7 Å². The lowest BCUT2D eigenvalue weighted by molar-refractivity contribution is 0.0594. The molecule has 3 aromatic rings. The number of benzene rings is 1. The molecule has 0 spiro atoms. The molecular weight excluding hydrogens is 358 g/mol. The van der Waals surface area contributed by atoms with E-state index in [0.29, 0.717) is 10.8 Å². The summed E-state index contributed by atoms with van der Waals surface area (Å²) in [4.78, 5) is 15.7. The molecule has 0 saturated carbocycles. The van der Waals surface area contributed by atoms with E-state index in [1.165, 1.54) is 17.7 Å². The van der Waals surface area contributed by atoms with E-state index in [-0.39, 0.29) is 5.69 Å². The van der Waals surface area contributed by atoms with Crippen LogP contribution in [0.3, 0.4) is 0 Å². The molecule has 0 aliphatic carbocycles. The van der Waals surface area contributed by atoms with Crippen molar-refractivity contribution in [3.8, 4) is 11.3 Å². The zero-order valence-electron chi connectivity index (χ0n) is 10.9. The summed E-state index contributed by atoms with van der Waals surface area (Å²) in [6.45, 7) is 0. The molecule has 0 amide bonds. The number of aromatic nitrogens is 3. The molecule has 0 fully saturated rings. The van der Waals surface area contributed by atoms with Gasteiger partial charge in [0.15, 0.2) is 11.3 Å². The molecule has 0 aliphatic rings. The van der Waals surface area contributed by atoms with E-state index >= 15 is 0 Å². The first-order valence-corrected chi connectivity index (χ1v) is 7.16. The van der Waals surface area contributed by atoms with Gasteiger partial charge in [0.05, 0.1) is 12.8 Å². The minimum Gasteiger partial charge on any atom is -0.464 e. The molecule has 0 bridgehead atoms.